The number of ether oxygens (including phenoxy) is 1. The number of alkyl halides is 2. The van der Waals surface area contributed by atoms with Gasteiger partial charge in [-0.25, -0.2) is 4.79 Å². The van der Waals surface area contributed by atoms with Crippen LogP contribution in [-0.2, 0) is 15.6 Å². The normalized spacial score (nSPS) is 13.6. The Labute approximate surface area is 150 Å². The van der Waals surface area contributed by atoms with Crippen LogP contribution in [0.15, 0.2) is 42.5 Å². The van der Waals surface area contributed by atoms with Gasteiger partial charge in [0.15, 0.2) is 0 Å². The molecule has 0 aliphatic carbocycles. The molecule has 6 nitrogen and oxygen atoms in total. The molecule has 9 heteroatoms. The van der Waals surface area contributed by atoms with Crippen molar-refractivity contribution in [2.24, 2.45) is 0 Å². The van der Waals surface area contributed by atoms with Gasteiger partial charge in [0.1, 0.15) is 5.75 Å². The van der Waals surface area contributed by atoms with Crippen molar-refractivity contribution in [3.05, 3.63) is 64.2 Å². The molecule has 2 aromatic carbocycles. The van der Waals surface area contributed by atoms with Crippen LogP contribution in [0.3, 0.4) is 0 Å². The summed E-state index contributed by atoms with van der Waals surface area (Å²) in [5.74, 6) is -8.65. The third kappa shape index (κ3) is 2.78. The highest BCUT2D eigenvalue weighted by Crippen LogP contribution is 2.38. The van der Waals surface area contributed by atoms with Crippen LogP contribution in [0, 0.1) is 0 Å². The van der Waals surface area contributed by atoms with Gasteiger partial charge < -0.3 is 9.57 Å². The molecule has 0 N–H and O–H groups in total. The number of hydrogen-bond acceptors (Lipinski definition) is 5. The van der Waals surface area contributed by atoms with Crippen LogP contribution in [0.5, 0.6) is 5.75 Å². The van der Waals surface area contributed by atoms with E-state index in [0.29, 0.717) is 0 Å². The molecule has 2 aromatic rings. The van der Waals surface area contributed by atoms with Gasteiger partial charge in [-0.2, -0.15) is 8.78 Å². The highest BCUT2D eigenvalue weighted by atomic mass is 35.5. The van der Waals surface area contributed by atoms with Crippen molar-refractivity contribution in [3.63, 3.8) is 0 Å². The molecule has 1 aliphatic heterocycles. The minimum absolute atomic E-state index is 0.0118. The lowest BCUT2D eigenvalue weighted by atomic mass is 10.1. The standard InChI is InChI=1S/C17H10ClF2NO5/c1-25-13-7-6-9(18)8-12(13)17(19,20)16(24)26-21-14(22)10-4-2-3-5-11(10)15(21)23/h2-8H,1H3. The van der Waals surface area contributed by atoms with Crippen molar-refractivity contribution in [3.8, 4) is 5.75 Å². The Morgan fingerprint density at radius 2 is 1.65 bits per heavy atom. The first kappa shape index (κ1) is 17.8. The van der Waals surface area contributed by atoms with Crippen molar-refractivity contribution in [2.45, 2.75) is 5.92 Å². The molecule has 0 saturated heterocycles. The fraction of sp³-hybridized carbons (Fsp3) is 0.118. The molecular formula is C17H10ClF2NO5. The summed E-state index contributed by atoms with van der Waals surface area (Å²) in [7, 11) is 1.14. The first-order chi connectivity index (χ1) is 12.3. The largest absolute Gasteiger partial charge is 0.496 e. The molecule has 0 fully saturated rings. The number of amides is 2. The first-order valence-corrected chi connectivity index (χ1v) is 7.57. The lowest BCUT2D eigenvalue weighted by molar-refractivity contribution is -0.198. The maximum atomic E-state index is 14.6. The third-order valence-corrected chi connectivity index (χ3v) is 3.92. The Hall–Kier alpha value is -3.00. The van der Waals surface area contributed by atoms with Crippen LogP contribution in [0.25, 0.3) is 0 Å². The predicted octanol–water partition coefficient (Wildman–Crippen LogP) is 3.19. The second-order valence-corrected chi connectivity index (χ2v) is 5.68. The Morgan fingerprint density at radius 3 is 2.19 bits per heavy atom. The van der Waals surface area contributed by atoms with Crippen molar-refractivity contribution >= 4 is 29.4 Å². The molecule has 0 saturated carbocycles. The summed E-state index contributed by atoms with van der Waals surface area (Å²) in [6, 6.07) is 8.91. The van der Waals surface area contributed by atoms with Gasteiger partial charge >= 0.3 is 11.9 Å². The molecule has 0 radical (unpaired) electrons. The minimum atomic E-state index is -4.22. The average Bonchev–Trinajstić information content (AvgIpc) is 2.87. The Balaban J connectivity index is 1.90. The van der Waals surface area contributed by atoms with Gasteiger partial charge in [-0.15, -0.1) is 0 Å². The number of fused-ring (bicyclic) bond motifs is 1. The number of methoxy groups -OCH3 is 1. The Kier molecular flexibility index (Phi) is 4.37. The van der Waals surface area contributed by atoms with E-state index in [1.165, 1.54) is 30.3 Å². The molecule has 0 unspecified atom stereocenters. The number of carbonyl (C=O) groups excluding carboxylic acids is 3. The first-order valence-electron chi connectivity index (χ1n) is 7.19. The number of nitrogens with zero attached hydrogens (tertiary/aromatic N) is 1. The van der Waals surface area contributed by atoms with E-state index in [2.05, 4.69) is 4.84 Å². The number of hydrogen-bond donors (Lipinski definition) is 0. The van der Waals surface area contributed by atoms with Gasteiger partial charge in [0.2, 0.25) is 0 Å². The van der Waals surface area contributed by atoms with Crippen LogP contribution in [0.1, 0.15) is 26.3 Å². The molecule has 2 amide bonds. The van der Waals surface area contributed by atoms with Crippen molar-refractivity contribution < 1.29 is 32.7 Å². The molecule has 1 aliphatic rings. The number of imide groups is 1. The lowest BCUT2D eigenvalue weighted by Crippen LogP contribution is -2.39. The van der Waals surface area contributed by atoms with Gasteiger partial charge in [-0.05, 0) is 30.3 Å². The lowest BCUT2D eigenvalue weighted by Gasteiger charge is -2.20. The molecule has 1 heterocycles. The highest BCUT2D eigenvalue weighted by Gasteiger charge is 2.49. The monoisotopic (exact) mass is 381 g/mol. The molecule has 134 valence electrons. The Morgan fingerprint density at radius 1 is 1.08 bits per heavy atom. The molecular weight excluding hydrogens is 372 g/mol. The molecule has 0 spiro atoms. The van der Waals surface area contributed by atoms with Gasteiger partial charge in [-0.3, -0.25) is 9.59 Å². The van der Waals surface area contributed by atoms with E-state index in [1.807, 2.05) is 0 Å². The maximum absolute atomic E-state index is 14.6. The Bertz CT molecular complexity index is 896. The van der Waals surface area contributed by atoms with E-state index in [9.17, 15) is 23.2 Å². The van der Waals surface area contributed by atoms with Crippen LogP contribution >= 0.6 is 11.6 Å². The van der Waals surface area contributed by atoms with Gasteiger partial charge in [0, 0.05) is 5.02 Å². The van der Waals surface area contributed by atoms with Crippen molar-refractivity contribution in [1.29, 1.82) is 0 Å². The number of halogens is 3. The fourth-order valence-corrected chi connectivity index (χ4v) is 2.60. The molecule has 0 aromatic heterocycles. The zero-order chi connectivity index (χ0) is 19.1. The van der Waals surface area contributed by atoms with E-state index in [1.54, 1.807) is 0 Å². The van der Waals surface area contributed by atoms with Crippen molar-refractivity contribution in [1.82, 2.24) is 5.06 Å². The summed E-state index contributed by atoms with van der Waals surface area (Å²) in [6.07, 6.45) is 0. The SMILES string of the molecule is COc1ccc(Cl)cc1C(F)(F)C(=O)ON1C(=O)c2ccccc2C1=O. The third-order valence-electron chi connectivity index (χ3n) is 3.69. The second kappa shape index (κ2) is 6.38. The second-order valence-electron chi connectivity index (χ2n) is 5.25. The van der Waals surface area contributed by atoms with E-state index in [0.717, 1.165) is 19.2 Å². The predicted molar refractivity (Wildman–Crippen MR) is 84.9 cm³/mol. The summed E-state index contributed by atoms with van der Waals surface area (Å²) in [6.45, 7) is 0. The summed E-state index contributed by atoms with van der Waals surface area (Å²) < 4.78 is 33.9. The number of rotatable bonds is 4. The zero-order valence-electron chi connectivity index (χ0n) is 13.2. The number of hydroxylamine groups is 2. The van der Waals surface area contributed by atoms with Crippen LogP contribution in [0.4, 0.5) is 8.78 Å². The summed E-state index contributed by atoms with van der Waals surface area (Å²) in [5, 5.41) is -0.0493. The van der Waals surface area contributed by atoms with E-state index < -0.39 is 29.3 Å². The molecule has 26 heavy (non-hydrogen) atoms. The maximum Gasteiger partial charge on any atom is 0.407 e. The van der Waals surface area contributed by atoms with E-state index in [-0.39, 0.29) is 27.0 Å². The summed E-state index contributed by atoms with van der Waals surface area (Å²) in [5.41, 5.74) is -0.947. The van der Waals surface area contributed by atoms with E-state index >= 15 is 0 Å². The van der Waals surface area contributed by atoms with Crippen LogP contribution in [-0.4, -0.2) is 30.0 Å². The quantitative estimate of drug-likeness (QED) is 0.760. The van der Waals surface area contributed by atoms with Gasteiger partial charge in [0.05, 0.1) is 23.8 Å². The molecule has 0 atom stereocenters. The molecule has 0 bridgehead atoms. The van der Waals surface area contributed by atoms with Crippen LogP contribution < -0.4 is 4.74 Å². The van der Waals surface area contributed by atoms with Gasteiger partial charge in [-0.1, -0.05) is 28.8 Å². The van der Waals surface area contributed by atoms with Crippen LogP contribution in [0.2, 0.25) is 5.02 Å². The highest BCUT2D eigenvalue weighted by molar-refractivity contribution is 6.30. The average molecular weight is 382 g/mol. The smallest absolute Gasteiger partial charge is 0.407 e. The van der Waals surface area contributed by atoms with E-state index in [4.69, 9.17) is 16.3 Å². The minimum Gasteiger partial charge on any atom is -0.496 e. The summed E-state index contributed by atoms with van der Waals surface area (Å²) >= 11 is 5.70. The number of benzene rings is 2. The molecule has 3 rings (SSSR count). The fourth-order valence-electron chi connectivity index (χ4n) is 2.43. The number of carbonyl (C=O) groups is 3. The summed E-state index contributed by atoms with van der Waals surface area (Å²) in [4.78, 5) is 40.7. The topological polar surface area (TPSA) is 72.9 Å². The van der Waals surface area contributed by atoms with Crippen molar-refractivity contribution in [2.75, 3.05) is 7.11 Å². The zero-order valence-corrected chi connectivity index (χ0v) is 13.9. The van der Waals surface area contributed by atoms with Gasteiger partial charge in [0.25, 0.3) is 11.8 Å².